The molecule has 0 spiro atoms. The number of hydrogen-bond acceptors (Lipinski definition) is 2. The van der Waals surface area contributed by atoms with Gasteiger partial charge in [-0.05, 0) is 38.7 Å². The Morgan fingerprint density at radius 1 is 1.40 bits per heavy atom. The summed E-state index contributed by atoms with van der Waals surface area (Å²) in [5, 5.41) is 3.17. The summed E-state index contributed by atoms with van der Waals surface area (Å²) in [4.78, 5) is 5.80. The molecule has 2 nitrogen and oxygen atoms in total. The Hall–Kier alpha value is -0.610. The highest BCUT2D eigenvalue weighted by molar-refractivity contribution is 9.09. The van der Waals surface area contributed by atoms with Gasteiger partial charge in [0.25, 0.3) is 0 Å². The van der Waals surface area contributed by atoms with E-state index in [0.717, 1.165) is 21.9 Å². The van der Waals surface area contributed by atoms with Gasteiger partial charge in [-0.15, -0.1) is 11.3 Å². The molecule has 0 aliphatic heterocycles. The van der Waals surface area contributed by atoms with E-state index in [1.165, 1.54) is 43.5 Å². The molecule has 3 rings (SSSR count). The van der Waals surface area contributed by atoms with E-state index in [9.17, 15) is 0 Å². The Bertz CT molecular complexity index is 632. The lowest BCUT2D eigenvalue weighted by Gasteiger charge is -2.23. The maximum atomic E-state index is 4.69. The zero-order chi connectivity index (χ0) is 14.1. The van der Waals surface area contributed by atoms with E-state index in [4.69, 9.17) is 0 Å². The molecule has 0 unspecified atom stereocenters. The largest absolute Gasteiger partial charge is 0.288 e. The van der Waals surface area contributed by atoms with Crippen LogP contribution in [0.3, 0.4) is 0 Å². The van der Waals surface area contributed by atoms with Gasteiger partial charge in [-0.3, -0.25) is 4.40 Å². The SMILES string of the molecule is Cc1nc2scc(C)n2c1/C=C(/CBr)C1CCCCC1. The van der Waals surface area contributed by atoms with Gasteiger partial charge in [0.05, 0.1) is 11.4 Å². The predicted molar refractivity (Wildman–Crippen MR) is 90.9 cm³/mol. The Labute approximate surface area is 133 Å². The van der Waals surface area contributed by atoms with Gasteiger partial charge in [0.15, 0.2) is 4.96 Å². The lowest BCUT2D eigenvalue weighted by molar-refractivity contribution is 0.405. The maximum Gasteiger partial charge on any atom is 0.194 e. The van der Waals surface area contributed by atoms with Gasteiger partial charge in [0.1, 0.15) is 0 Å². The summed E-state index contributed by atoms with van der Waals surface area (Å²) in [7, 11) is 0. The highest BCUT2D eigenvalue weighted by Gasteiger charge is 2.19. The minimum atomic E-state index is 0.756. The molecule has 0 bridgehead atoms. The summed E-state index contributed by atoms with van der Waals surface area (Å²) in [6.45, 7) is 4.29. The number of fused-ring (bicyclic) bond motifs is 1. The summed E-state index contributed by atoms with van der Waals surface area (Å²) in [5.74, 6) is 0.756. The summed E-state index contributed by atoms with van der Waals surface area (Å²) in [6, 6.07) is 0. The Morgan fingerprint density at radius 3 is 2.85 bits per heavy atom. The summed E-state index contributed by atoms with van der Waals surface area (Å²) in [6.07, 6.45) is 9.26. The quantitative estimate of drug-likeness (QED) is 0.678. The van der Waals surface area contributed by atoms with Gasteiger partial charge in [-0.2, -0.15) is 0 Å². The lowest BCUT2D eigenvalue weighted by atomic mass is 9.84. The maximum absolute atomic E-state index is 4.69. The van der Waals surface area contributed by atoms with E-state index in [1.807, 2.05) is 0 Å². The molecule has 108 valence electrons. The molecule has 1 saturated carbocycles. The number of rotatable bonds is 3. The molecule has 1 aliphatic carbocycles. The molecule has 0 aromatic carbocycles. The average molecular weight is 353 g/mol. The van der Waals surface area contributed by atoms with Crippen molar-refractivity contribution in [2.75, 3.05) is 5.33 Å². The monoisotopic (exact) mass is 352 g/mol. The molecule has 1 aliphatic rings. The van der Waals surface area contributed by atoms with E-state index in [1.54, 1.807) is 16.9 Å². The first-order valence-corrected chi connectivity index (χ1v) is 9.40. The van der Waals surface area contributed by atoms with Gasteiger partial charge in [0, 0.05) is 16.4 Å². The molecular weight excluding hydrogens is 332 g/mol. The number of alkyl halides is 1. The van der Waals surface area contributed by atoms with Crippen LogP contribution in [0.25, 0.3) is 11.0 Å². The zero-order valence-corrected chi connectivity index (χ0v) is 14.6. The Morgan fingerprint density at radius 2 is 2.15 bits per heavy atom. The van der Waals surface area contributed by atoms with E-state index in [-0.39, 0.29) is 0 Å². The number of halogens is 1. The van der Waals surface area contributed by atoms with Crippen molar-refractivity contribution >= 4 is 38.3 Å². The molecule has 1 fully saturated rings. The molecule has 2 aromatic rings. The van der Waals surface area contributed by atoms with Crippen LogP contribution in [-0.4, -0.2) is 14.7 Å². The number of allylic oxidation sites excluding steroid dienone is 1. The molecule has 4 heteroatoms. The van der Waals surface area contributed by atoms with Gasteiger partial charge in [-0.25, -0.2) is 4.98 Å². The molecule has 0 atom stereocenters. The van der Waals surface area contributed by atoms with Crippen molar-refractivity contribution in [3.8, 4) is 0 Å². The fraction of sp³-hybridized carbons (Fsp3) is 0.562. The van der Waals surface area contributed by atoms with Gasteiger partial charge < -0.3 is 0 Å². The van der Waals surface area contributed by atoms with E-state index < -0.39 is 0 Å². The minimum Gasteiger partial charge on any atom is -0.288 e. The third-order valence-electron chi connectivity index (χ3n) is 4.36. The Balaban J connectivity index is 2.02. The first-order chi connectivity index (χ1) is 9.70. The van der Waals surface area contributed by atoms with Crippen molar-refractivity contribution < 1.29 is 0 Å². The molecule has 0 N–H and O–H groups in total. The first kappa shape index (κ1) is 14.3. The number of nitrogens with zero attached hydrogens (tertiary/aromatic N) is 2. The topological polar surface area (TPSA) is 17.3 Å². The number of imidazole rings is 1. The number of thiazole rings is 1. The predicted octanol–water partition coefficient (Wildman–Crippen LogP) is 5.37. The van der Waals surface area contributed by atoms with Crippen LogP contribution in [0, 0.1) is 19.8 Å². The lowest BCUT2D eigenvalue weighted by Crippen LogP contribution is -2.10. The summed E-state index contributed by atoms with van der Waals surface area (Å²) in [5.41, 5.74) is 5.25. The van der Waals surface area contributed by atoms with E-state index >= 15 is 0 Å². The minimum absolute atomic E-state index is 0.756. The fourth-order valence-electron chi connectivity index (χ4n) is 3.21. The molecular formula is C16H21BrN2S. The molecule has 0 amide bonds. The number of aromatic nitrogens is 2. The van der Waals surface area contributed by atoms with Crippen molar-refractivity contribution in [2.45, 2.75) is 46.0 Å². The molecule has 0 radical (unpaired) electrons. The normalized spacial score (nSPS) is 18.1. The van der Waals surface area contributed by atoms with Crippen LogP contribution in [0.15, 0.2) is 11.0 Å². The van der Waals surface area contributed by atoms with Crippen LogP contribution in [0.1, 0.15) is 49.2 Å². The molecule has 0 saturated heterocycles. The second kappa shape index (κ2) is 6.02. The number of aryl methyl sites for hydroxylation is 2. The Kier molecular flexibility index (Phi) is 4.32. The van der Waals surface area contributed by atoms with Crippen molar-refractivity contribution in [3.05, 3.63) is 28.0 Å². The average Bonchev–Trinajstić information content (AvgIpc) is 2.97. The standard InChI is InChI=1S/C16H21BrN2S/c1-11-10-20-16-18-12(2)15(19(11)16)8-14(9-17)13-6-4-3-5-7-13/h8,10,13H,3-7,9H2,1-2H3/b14-8-. The second-order valence-electron chi connectivity index (χ2n) is 5.77. The van der Waals surface area contributed by atoms with Gasteiger partial charge in [0.2, 0.25) is 0 Å². The fourth-order valence-corrected chi connectivity index (χ4v) is 4.75. The van der Waals surface area contributed by atoms with E-state index in [2.05, 4.69) is 50.6 Å². The van der Waals surface area contributed by atoms with Gasteiger partial charge >= 0.3 is 0 Å². The van der Waals surface area contributed by atoms with Crippen LogP contribution in [0.4, 0.5) is 0 Å². The molecule has 2 aromatic heterocycles. The molecule has 2 heterocycles. The first-order valence-electron chi connectivity index (χ1n) is 7.40. The summed E-state index contributed by atoms with van der Waals surface area (Å²) < 4.78 is 2.30. The third kappa shape index (κ3) is 2.60. The van der Waals surface area contributed by atoms with Crippen LogP contribution in [0.5, 0.6) is 0 Å². The van der Waals surface area contributed by atoms with Crippen LogP contribution in [-0.2, 0) is 0 Å². The second-order valence-corrected chi connectivity index (χ2v) is 7.16. The van der Waals surface area contributed by atoms with Crippen molar-refractivity contribution in [2.24, 2.45) is 5.92 Å². The molecule has 20 heavy (non-hydrogen) atoms. The van der Waals surface area contributed by atoms with Crippen molar-refractivity contribution in [1.82, 2.24) is 9.38 Å². The van der Waals surface area contributed by atoms with Gasteiger partial charge in [-0.1, -0.05) is 40.8 Å². The van der Waals surface area contributed by atoms with Crippen LogP contribution in [0.2, 0.25) is 0 Å². The van der Waals surface area contributed by atoms with Crippen molar-refractivity contribution in [1.29, 1.82) is 0 Å². The third-order valence-corrected chi connectivity index (χ3v) is 5.95. The van der Waals surface area contributed by atoms with Crippen molar-refractivity contribution in [3.63, 3.8) is 0 Å². The van der Waals surface area contributed by atoms with E-state index in [0.29, 0.717) is 0 Å². The highest BCUT2D eigenvalue weighted by Crippen LogP contribution is 2.32. The zero-order valence-electron chi connectivity index (χ0n) is 12.2. The van der Waals surface area contributed by atoms with Crippen LogP contribution >= 0.6 is 27.3 Å². The highest BCUT2D eigenvalue weighted by atomic mass is 79.9. The smallest absolute Gasteiger partial charge is 0.194 e. The summed E-state index contributed by atoms with van der Waals surface area (Å²) >= 11 is 5.43. The number of hydrogen-bond donors (Lipinski definition) is 0. The van der Waals surface area contributed by atoms with Crippen LogP contribution < -0.4 is 0 Å².